The van der Waals surface area contributed by atoms with Crippen molar-refractivity contribution in [2.75, 3.05) is 6.54 Å². The van der Waals surface area contributed by atoms with E-state index < -0.39 is 119 Å². The molecule has 0 spiro atoms. The van der Waals surface area contributed by atoms with E-state index in [0.717, 1.165) is 0 Å². The average Bonchev–Trinajstić information content (AvgIpc) is 3.73. The first kappa shape index (κ1) is 60.4. The monoisotopic (exact) mass is 974 g/mol. The Morgan fingerprint density at radius 1 is 0.391 bits per heavy atom. The zero-order valence-electron chi connectivity index (χ0n) is 44.8. The fourth-order valence-electron chi connectivity index (χ4n) is 8.87. The number of hydrogen-bond donors (Lipinski definition) is 8. The van der Waals surface area contributed by atoms with Gasteiger partial charge in [-0.3, -0.25) is 43.2 Å². The molecule has 18 nitrogen and oxygen atoms in total. The lowest BCUT2D eigenvalue weighted by Gasteiger charge is -2.33. The minimum absolute atomic E-state index is 0.0597. The Morgan fingerprint density at radius 3 is 1.01 bits per heavy atom. The Bertz CT molecular complexity index is 1770. The normalized spacial score (nSPS) is 27.7. The van der Waals surface area contributed by atoms with Crippen LogP contribution in [0.25, 0.3) is 0 Å². The Hall–Kier alpha value is -4.77. The van der Waals surface area contributed by atoms with Gasteiger partial charge in [-0.1, -0.05) is 117 Å². The molecule has 2 aliphatic rings. The Kier molecular flexibility index (Phi) is 24.6. The predicted molar refractivity (Wildman–Crippen MR) is 267 cm³/mol. The number of fused-ring (bicyclic) bond motifs is 1. The molecule has 8 N–H and O–H groups in total. The van der Waals surface area contributed by atoms with Crippen LogP contribution in [-0.2, 0) is 43.2 Å². The van der Waals surface area contributed by atoms with Crippen molar-refractivity contribution in [3.8, 4) is 0 Å². The predicted octanol–water partition coefficient (Wildman–Crippen LogP) is 3.46. The minimum atomic E-state index is -1.14. The number of nitrogens with zero attached hydrogens (tertiary/aromatic N) is 1. The molecule has 0 bridgehead atoms. The Labute approximate surface area is 413 Å². The van der Waals surface area contributed by atoms with E-state index in [-0.39, 0.29) is 74.2 Å². The number of nitrogens with one attached hydrogen (secondary N) is 8. The summed E-state index contributed by atoms with van der Waals surface area (Å²) in [7, 11) is 0. The molecule has 2 saturated heterocycles. The lowest BCUT2D eigenvalue weighted by atomic mass is 9.95. The molecule has 0 aromatic heterocycles. The maximum atomic E-state index is 14.5. The van der Waals surface area contributed by atoms with Gasteiger partial charge < -0.3 is 47.4 Å². The van der Waals surface area contributed by atoms with Gasteiger partial charge in [0.25, 0.3) is 0 Å². The summed E-state index contributed by atoms with van der Waals surface area (Å²) in [5.74, 6) is -7.04. The maximum Gasteiger partial charge on any atom is 0.245 e. The highest BCUT2D eigenvalue weighted by Crippen LogP contribution is 2.23. The first-order valence-electron chi connectivity index (χ1n) is 25.8. The summed E-state index contributed by atoms with van der Waals surface area (Å²) < 4.78 is 0. The Balaban J connectivity index is 2.82. The van der Waals surface area contributed by atoms with Gasteiger partial charge in [0.2, 0.25) is 53.2 Å². The molecule has 0 unspecified atom stereocenters. The second-order valence-corrected chi connectivity index (χ2v) is 22.5. The summed E-state index contributed by atoms with van der Waals surface area (Å²) in [5.41, 5.74) is 0. The topological polar surface area (TPSA) is 253 Å². The number of rotatable bonds is 14. The second-order valence-electron chi connectivity index (χ2n) is 22.5. The fraction of sp³-hybridized carbons (Fsp3) is 0.824. The van der Waals surface area contributed by atoms with E-state index in [1.165, 1.54) is 4.90 Å². The van der Waals surface area contributed by atoms with Crippen molar-refractivity contribution >= 4 is 53.2 Å². The molecule has 2 heterocycles. The van der Waals surface area contributed by atoms with Crippen molar-refractivity contribution in [3.05, 3.63) is 0 Å². The van der Waals surface area contributed by atoms with Gasteiger partial charge in [0.15, 0.2) is 0 Å². The molecule has 0 aromatic rings. The smallest absolute Gasteiger partial charge is 0.245 e. The van der Waals surface area contributed by atoms with Gasteiger partial charge in [0.05, 0.1) is 0 Å². The molecule has 2 fully saturated rings. The van der Waals surface area contributed by atoms with E-state index in [4.69, 9.17) is 0 Å². The van der Waals surface area contributed by atoms with E-state index in [0.29, 0.717) is 19.3 Å². The highest BCUT2D eigenvalue weighted by Gasteiger charge is 2.42. The molecule has 0 radical (unpaired) electrons. The van der Waals surface area contributed by atoms with Crippen molar-refractivity contribution in [1.29, 1.82) is 0 Å². The van der Waals surface area contributed by atoms with Crippen molar-refractivity contribution in [3.63, 3.8) is 0 Å². The zero-order valence-corrected chi connectivity index (χ0v) is 44.8. The maximum absolute atomic E-state index is 14.5. The van der Waals surface area contributed by atoms with E-state index in [1.807, 2.05) is 83.1 Å². The lowest BCUT2D eigenvalue weighted by Crippen LogP contribution is -2.61. The number of amides is 9. The molecule has 0 aliphatic carbocycles. The third-order valence-electron chi connectivity index (χ3n) is 12.8. The van der Waals surface area contributed by atoms with Crippen molar-refractivity contribution < 1.29 is 43.2 Å². The van der Waals surface area contributed by atoms with E-state index in [9.17, 15) is 43.2 Å². The Morgan fingerprint density at radius 2 is 0.681 bits per heavy atom. The summed E-state index contributed by atoms with van der Waals surface area (Å²) in [6, 6.07) is -9.81. The van der Waals surface area contributed by atoms with Crippen LogP contribution in [0.15, 0.2) is 0 Å². The summed E-state index contributed by atoms with van der Waals surface area (Å²) in [4.78, 5) is 130. The largest absolute Gasteiger partial charge is 0.343 e. The minimum Gasteiger partial charge on any atom is -0.343 e. The van der Waals surface area contributed by atoms with Gasteiger partial charge in [0.1, 0.15) is 54.4 Å². The fourth-order valence-corrected chi connectivity index (χ4v) is 8.87. The molecule has 69 heavy (non-hydrogen) atoms. The van der Waals surface area contributed by atoms with Gasteiger partial charge in [-0.15, -0.1) is 0 Å². The number of hydrogen-bond acceptors (Lipinski definition) is 9. The van der Waals surface area contributed by atoms with Crippen LogP contribution in [0.2, 0.25) is 0 Å². The quantitative estimate of drug-likeness (QED) is 0.127. The molecule has 0 aromatic carbocycles. The third-order valence-corrected chi connectivity index (χ3v) is 12.8. The SMILES string of the molecule is CC[C@H](C)[C@@H]1NC(=O)[C@@H]2CCCN2C(=O)[C@H](CC(C)C)NC(=O)[C@H](C(C)C)NC(=O)[C@H](CC(C)C)NC(=O)[C@H](C(C)C)NC(=O)[C@H](CC(C)C)NC(=O)[C@H](CC(C)C)NC(=O)[C@H](CC(C)C)NC1=O. The van der Waals surface area contributed by atoms with Gasteiger partial charge in [-0.2, -0.15) is 0 Å². The zero-order chi connectivity index (χ0) is 52.6. The highest BCUT2D eigenvalue weighted by molar-refractivity contribution is 5.99. The van der Waals surface area contributed by atoms with Crippen molar-refractivity contribution in [2.24, 2.45) is 47.3 Å². The first-order chi connectivity index (χ1) is 32.1. The van der Waals surface area contributed by atoms with Gasteiger partial charge in [-0.25, -0.2) is 0 Å². The molecule has 10 atom stereocenters. The molecule has 2 aliphatic heterocycles. The van der Waals surface area contributed by atoms with Crippen LogP contribution in [0.3, 0.4) is 0 Å². The second kappa shape index (κ2) is 28.2. The van der Waals surface area contributed by atoms with Crippen LogP contribution < -0.4 is 42.5 Å². The summed E-state index contributed by atoms with van der Waals surface area (Å²) in [6.45, 7) is 29.9. The van der Waals surface area contributed by atoms with Crippen LogP contribution in [0.1, 0.15) is 162 Å². The van der Waals surface area contributed by atoms with E-state index >= 15 is 0 Å². The third kappa shape index (κ3) is 19.2. The molecule has 2 rings (SSSR count). The van der Waals surface area contributed by atoms with E-state index in [1.54, 1.807) is 27.7 Å². The molecule has 0 saturated carbocycles. The van der Waals surface area contributed by atoms with Crippen LogP contribution in [-0.4, -0.2) is 119 Å². The molecule has 18 heteroatoms. The van der Waals surface area contributed by atoms with Crippen molar-refractivity contribution in [1.82, 2.24) is 47.4 Å². The van der Waals surface area contributed by atoms with Crippen LogP contribution in [0.4, 0.5) is 0 Å². The van der Waals surface area contributed by atoms with Crippen LogP contribution >= 0.6 is 0 Å². The molecule has 9 amide bonds. The standard InChI is InChI=1S/C51H91N9O9/c1-17-33(16)42-50(68)55-35(22-27(4)5)44(62)52-34(21-26(2)3)43(61)53-36(23-28(6)7)45(63)57-40(31(12)13)48(66)54-37(24-29(8)9)46(64)58-41(32(14)15)49(67)56-38(25-30(10)11)51(69)60-20-18-19-39(60)47(65)59-42/h26-42H,17-25H2,1-16H3,(H,52,62)(H,53,61)(H,54,66)(H,55,68)(H,56,67)(H,57,63)(H,58,64)(H,59,65)/t33-,34-,35-,36-,37-,38-,39-,40-,41-,42-/m0/s1. The average molecular weight is 974 g/mol. The first-order valence-corrected chi connectivity index (χ1v) is 25.8. The molecular formula is C51H91N9O9. The molecule has 394 valence electrons. The van der Waals surface area contributed by atoms with Gasteiger partial charge in [0, 0.05) is 6.54 Å². The van der Waals surface area contributed by atoms with Gasteiger partial charge in [-0.05, 0) is 92.3 Å². The van der Waals surface area contributed by atoms with Gasteiger partial charge >= 0.3 is 0 Å². The summed E-state index contributed by atoms with van der Waals surface area (Å²) >= 11 is 0. The van der Waals surface area contributed by atoms with Crippen LogP contribution in [0.5, 0.6) is 0 Å². The van der Waals surface area contributed by atoms with Crippen molar-refractivity contribution in [2.45, 2.75) is 217 Å². The van der Waals surface area contributed by atoms with E-state index in [2.05, 4.69) is 42.5 Å². The highest BCUT2D eigenvalue weighted by atomic mass is 16.2. The van der Waals surface area contributed by atoms with Crippen LogP contribution in [0, 0.1) is 47.3 Å². The number of carbonyl (C=O) groups is 9. The number of carbonyl (C=O) groups excluding carboxylic acids is 9. The summed E-state index contributed by atoms with van der Waals surface area (Å²) in [5, 5.41) is 22.9. The lowest BCUT2D eigenvalue weighted by molar-refractivity contribution is -0.143. The molecular weight excluding hydrogens is 883 g/mol. The summed E-state index contributed by atoms with van der Waals surface area (Å²) in [6.07, 6.45) is 2.34.